The number of ether oxygens (including phenoxy) is 3. The third-order valence-electron chi connectivity index (χ3n) is 6.47. The minimum atomic E-state index is -0.907. The monoisotopic (exact) mass is 433 g/mol. The molecule has 2 saturated heterocycles. The molecule has 32 heavy (non-hydrogen) atoms. The van der Waals surface area contributed by atoms with E-state index in [-0.39, 0.29) is 18.1 Å². The first-order valence-corrected chi connectivity index (χ1v) is 11.0. The lowest BCUT2D eigenvalue weighted by molar-refractivity contribution is -0.0203. The molecule has 6 nitrogen and oxygen atoms in total. The van der Waals surface area contributed by atoms with Crippen LogP contribution in [0.5, 0.6) is 5.75 Å². The summed E-state index contributed by atoms with van der Waals surface area (Å²) in [6.45, 7) is 1.99. The van der Waals surface area contributed by atoms with E-state index < -0.39 is 6.09 Å². The van der Waals surface area contributed by atoms with Crippen molar-refractivity contribution in [1.82, 2.24) is 4.90 Å². The number of methoxy groups -OCH3 is 1. The fourth-order valence-electron chi connectivity index (χ4n) is 4.62. The van der Waals surface area contributed by atoms with E-state index in [2.05, 4.69) is 42.5 Å². The summed E-state index contributed by atoms with van der Waals surface area (Å²) < 4.78 is 17.5. The van der Waals surface area contributed by atoms with Crippen LogP contribution in [-0.4, -0.2) is 49.0 Å². The summed E-state index contributed by atoms with van der Waals surface area (Å²) in [5, 5.41) is 11.9. The standard InChI is InChI=1S/C26H27NO5/c1-30-23-13-20(25-16-32-25)8-9-21(23)22-10-11-27(26(28)29)14-24(22)31-15-17-6-7-18-4-2-3-5-19(18)12-17/h2-9,12-13,22,24-25H,10-11,14-16H2,1H3,(H,28,29). The topological polar surface area (TPSA) is 71.5 Å². The zero-order valence-electron chi connectivity index (χ0n) is 18.1. The van der Waals surface area contributed by atoms with Gasteiger partial charge in [-0.25, -0.2) is 4.79 Å². The van der Waals surface area contributed by atoms with Crippen LogP contribution >= 0.6 is 0 Å². The highest BCUT2D eigenvalue weighted by atomic mass is 16.6. The number of carboxylic acid groups (broad SMARTS) is 1. The number of benzene rings is 3. The maximum absolute atomic E-state index is 11.6. The maximum Gasteiger partial charge on any atom is 0.407 e. The highest BCUT2D eigenvalue weighted by Crippen LogP contribution is 2.40. The summed E-state index contributed by atoms with van der Waals surface area (Å²) in [4.78, 5) is 13.1. The third-order valence-corrected chi connectivity index (χ3v) is 6.47. The van der Waals surface area contributed by atoms with Gasteiger partial charge in [-0.1, -0.05) is 48.5 Å². The van der Waals surface area contributed by atoms with Gasteiger partial charge in [0.2, 0.25) is 0 Å². The van der Waals surface area contributed by atoms with Crippen LogP contribution in [0.1, 0.15) is 35.1 Å². The molecule has 2 heterocycles. The predicted octanol–water partition coefficient (Wildman–Crippen LogP) is 4.97. The molecule has 3 aromatic rings. The second kappa shape index (κ2) is 8.81. The fraction of sp³-hybridized carbons (Fsp3) is 0.346. The molecule has 5 rings (SSSR count). The van der Waals surface area contributed by atoms with E-state index in [1.165, 1.54) is 15.7 Å². The Morgan fingerprint density at radius 1 is 1.12 bits per heavy atom. The van der Waals surface area contributed by atoms with Gasteiger partial charge in [0.05, 0.1) is 33.0 Å². The first-order valence-electron chi connectivity index (χ1n) is 11.0. The number of fused-ring (bicyclic) bond motifs is 1. The number of hydrogen-bond acceptors (Lipinski definition) is 4. The molecule has 0 spiro atoms. The van der Waals surface area contributed by atoms with Crippen molar-refractivity contribution < 1.29 is 24.1 Å². The van der Waals surface area contributed by atoms with Crippen molar-refractivity contribution in [3.8, 4) is 5.75 Å². The van der Waals surface area contributed by atoms with Crippen LogP contribution in [0.15, 0.2) is 60.7 Å². The number of epoxide rings is 1. The van der Waals surface area contributed by atoms with Crippen LogP contribution in [0.2, 0.25) is 0 Å². The average molecular weight is 434 g/mol. The van der Waals surface area contributed by atoms with Crippen molar-refractivity contribution in [2.24, 2.45) is 0 Å². The number of amides is 1. The molecule has 6 heteroatoms. The molecule has 0 radical (unpaired) electrons. The van der Waals surface area contributed by atoms with Crippen molar-refractivity contribution in [2.45, 2.75) is 31.2 Å². The van der Waals surface area contributed by atoms with Gasteiger partial charge in [0.15, 0.2) is 0 Å². The summed E-state index contributed by atoms with van der Waals surface area (Å²) in [5.74, 6) is 0.862. The summed E-state index contributed by atoms with van der Waals surface area (Å²) in [7, 11) is 1.67. The lowest BCUT2D eigenvalue weighted by Gasteiger charge is -2.38. The number of carbonyl (C=O) groups is 1. The van der Waals surface area contributed by atoms with Crippen molar-refractivity contribution in [3.05, 3.63) is 77.4 Å². The highest BCUT2D eigenvalue weighted by molar-refractivity contribution is 5.82. The van der Waals surface area contributed by atoms with Crippen molar-refractivity contribution >= 4 is 16.9 Å². The molecule has 166 valence electrons. The molecule has 2 aliphatic heterocycles. The summed E-state index contributed by atoms with van der Waals surface area (Å²) in [5.41, 5.74) is 3.25. The van der Waals surface area contributed by atoms with Gasteiger partial charge in [0, 0.05) is 12.5 Å². The molecule has 2 fully saturated rings. The van der Waals surface area contributed by atoms with Gasteiger partial charge < -0.3 is 24.2 Å². The van der Waals surface area contributed by atoms with E-state index in [1.807, 2.05) is 18.2 Å². The van der Waals surface area contributed by atoms with Crippen molar-refractivity contribution in [2.75, 3.05) is 26.8 Å². The molecule has 3 unspecified atom stereocenters. The predicted molar refractivity (Wildman–Crippen MR) is 121 cm³/mol. The second-order valence-electron chi connectivity index (χ2n) is 8.48. The quantitative estimate of drug-likeness (QED) is 0.556. The average Bonchev–Trinajstić information content (AvgIpc) is 3.67. The summed E-state index contributed by atoms with van der Waals surface area (Å²) >= 11 is 0. The molecule has 1 N–H and O–H groups in total. The number of rotatable bonds is 6. The Balaban J connectivity index is 1.39. The number of hydrogen-bond donors (Lipinski definition) is 1. The second-order valence-corrected chi connectivity index (χ2v) is 8.48. The lowest BCUT2D eigenvalue weighted by atomic mass is 9.85. The maximum atomic E-state index is 11.6. The summed E-state index contributed by atoms with van der Waals surface area (Å²) in [6.07, 6.45) is -0.324. The zero-order valence-corrected chi connectivity index (χ0v) is 18.1. The number of nitrogens with zero attached hydrogens (tertiary/aromatic N) is 1. The fourth-order valence-corrected chi connectivity index (χ4v) is 4.62. The smallest absolute Gasteiger partial charge is 0.407 e. The van der Waals surface area contributed by atoms with Crippen LogP contribution in [-0.2, 0) is 16.1 Å². The Hall–Kier alpha value is -3.09. The molecule has 0 aromatic heterocycles. The SMILES string of the molecule is COc1cc(C2CO2)ccc1C1CCN(C(=O)O)CC1OCc1ccc2ccccc2c1. The summed E-state index contributed by atoms with van der Waals surface area (Å²) in [6, 6.07) is 20.7. The van der Waals surface area contributed by atoms with Crippen LogP contribution in [0.3, 0.4) is 0 Å². The van der Waals surface area contributed by atoms with Gasteiger partial charge in [-0.2, -0.15) is 0 Å². The first-order chi connectivity index (χ1) is 15.6. The Morgan fingerprint density at radius 3 is 2.69 bits per heavy atom. The van der Waals surface area contributed by atoms with Gasteiger partial charge in [-0.05, 0) is 46.0 Å². The van der Waals surface area contributed by atoms with Crippen LogP contribution in [0, 0.1) is 0 Å². The van der Waals surface area contributed by atoms with Crippen LogP contribution in [0.25, 0.3) is 10.8 Å². The van der Waals surface area contributed by atoms with Crippen molar-refractivity contribution in [1.29, 1.82) is 0 Å². The van der Waals surface area contributed by atoms with E-state index >= 15 is 0 Å². The Labute approximate surface area is 187 Å². The van der Waals surface area contributed by atoms with E-state index in [0.29, 0.717) is 26.1 Å². The molecule has 2 aliphatic rings. The van der Waals surface area contributed by atoms with Gasteiger partial charge in [-0.15, -0.1) is 0 Å². The lowest BCUT2D eigenvalue weighted by Crippen LogP contribution is -2.46. The van der Waals surface area contributed by atoms with Crippen molar-refractivity contribution in [3.63, 3.8) is 0 Å². The van der Waals surface area contributed by atoms with Crippen LogP contribution < -0.4 is 4.74 Å². The first kappa shape index (κ1) is 20.8. The normalized spacial score (nSPS) is 22.7. The largest absolute Gasteiger partial charge is 0.496 e. The van der Waals surface area contributed by atoms with Gasteiger partial charge in [-0.3, -0.25) is 0 Å². The van der Waals surface area contributed by atoms with E-state index in [1.54, 1.807) is 7.11 Å². The number of piperidine rings is 1. The molecule has 0 aliphatic carbocycles. The van der Waals surface area contributed by atoms with E-state index in [9.17, 15) is 9.90 Å². The Morgan fingerprint density at radius 2 is 1.94 bits per heavy atom. The molecular weight excluding hydrogens is 406 g/mol. The minimum absolute atomic E-state index is 0.0511. The zero-order chi connectivity index (χ0) is 22.1. The molecule has 1 amide bonds. The Kier molecular flexibility index (Phi) is 5.72. The Bertz CT molecular complexity index is 1130. The molecule has 0 bridgehead atoms. The molecule has 3 aromatic carbocycles. The minimum Gasteiger partial charge on any atom is -0.496 e. The van der Waals surface area contributed by atoms with Gasteiger partial charge in [0.1, 0.15) is 11.9 Å². The molecular formula is C26H27NO5. The number of likely N-dealkylation sites (tertiary alicyclic amines) is 1. The van der Waals surface area contributed by atoms with Gasteiger partial charge in [0.25, 0.3) is 0 Å². The third kappa shape index (κ3) is 4.29. The molecule has 0 saturated carbocycles. The van der Waals surface area contributed by atoms with E-state index in [0.717, 1.165) is 29.0 Å². The molecule has 3 atom stereocenters. The van der Waals surface area contributed by atoms with E-state index in [4.69, 9.17) is 14.2 Å². The van der Waals surface area contributed by atoms with Gasteiger partial charge >= 0.3 is 6.09 Å². The highest BCUT2D eigenvalue weighted by Gasteiger charge is 2.35. The van der Waals surface area contributed by atoms with Crippen LogP contribution in [0.4, 0.5) is 4.79 Å².